The number of nitrogens with zero attached hydrogens (tertiary/aromatic N) is 2. The fourth-order valence-electron chi connectivity index (χ4n) is 1.66. The molecule has 0 spiro atoms. The molecule has 1 amide bonds. The van der Waals surface area contributed by atoms with Gasteiger partial charge in [0.15, 0.2) is 0 Å². The summed E-state index contributed by atoms with van der Waals surface area (Å²) >= 11 is 0. The average molecular weight is 266 g/mol. The predicted octanol–water partition coefficient (Wildman–Crippen LogP) is 1.34. The van der Waals surface area contributed by atoms with E-state index in [1.807, 2.05) is 0 Å². The summed E-state index contributed by atoms with van der Waals surface area (Å²) in [6, 6.07) is 3.37. The van der Waals surface area contributed by atoms with Gasteiger partial charge in [0.05, 0.1) is 13.5 Å². The van der Waals surface area contributed by atoms with Crippen LogP contribution in [-0.2, 0) is 4.79 Å². The fraction of sp³-hybridized carbons (Fsp3) is 0.462. The molecule has 0 unspecified atom stereocenters. The van der Waals surface area contributed by atoms with Crippen molar-refractivity contribution in [1.82, 2.24) is 9.88 Å². The zero-order valence-corrected chi connectivity index (χ0v) is 11.3. The van der Waals surface area contributed by atoms with Gasteiger partial charge in [-0.2, -0.15) is 0 Å². The van der Waals surface area contributed by atoms with Crippen molar-refractivity contribution in [3.05, 3.63) is 23.4 Å². The van der Waals surface area contributed by atoms with E-state index in [4.69, 9.17) is 9.84 Å². The minimum atomic E-state index is -0.930. The van der Waals surface area contributed by atoms with Gasteiger partial charge in [0.25, 0.3) is 5.91 Å². The normalized spacial score (nSPS) is 10.1. The van der Waals surface area contributed by atoms with Crippen molar-refractivity contribution in [1.29, 1.82) is 0 Å². The van der Waals surface area contributed by atoms with E-state index in [0.717, 1.165) is 5.69 Å². The molecule has 0 saturated heterocycles. The van der Waals surface area contributed by atoms with Crippen molar-refractivity contribution >= 4 is 11.9 Å². The third-order valence-electron chi connectivity index (χ3n) is 2.69. The lowest BCUT2D eigenvalue weighted by atomic mass is 10.2. The van der Waals surface area contributed by atoms with Crippen molar-refractivity contribution in [2.75, 3.05) is 20.2 Å². The van der Waals surface area contributed by atoms with Gasteiger partial charge in [-0.25, -0.2) is 4.98 Å². The topological polar surface area (TPSA) is 79.7 Å². The molecule has 104 valence electrons. The molecule has 1 aromatic rings. The molecule has 6 nitrogen and oxygen atoms in total. The molecule has 1 rings (SSSR count). The van der Waals surface area contributed by atoms with Crippen LogP contribution in [-0.4, -0.2) is 47.1 Å². The number of carboxylic acids is 1. The van der Waals surface area contributed by atoms with Crippen molar-refractivity contribution < 1.29 is 19.4 Å². The number of carbonyl (C=O) groups is 2. The Balaban J connectivity index is 2.93. The third kappa shape index (κ3) is 3.94. The maximum absolute atomic E-state index is 12.3. The molecule has 1 N–H and O–H groups in total. The number of methoxy groups -OCH3 is 1. The summed E-state index contributed by atoms with van der Waals surface area (Å²) in [5, 5.41) is 8.67. The Morgan fingerprint density at radius 3 is 2.63 bits per heavy atom. The molecule has 1 heterocycles. The van der Waals surface area contributed by atoms with Gasteiger partial charge in [0.1, 0.15) is 5.56 Å². The lowest BCUT2D eigenvalue weighted by molar-refractivity contribution is -0.137. The predicted molar refractivity (Wildman–Crippen MR) is 69.4 cm³/mol. The first kappa shape index (κ1) is 14.9. The van der Waals surface area contributed by atoms with Gasteiger partial charge in [-0.1, -0.05) is 0 Å². The number of ether oxygens (including phenoxy) is 1. The number of carboxylic acid groups (broad SMARTS) is 1. The highest BCUT2D eigenvalue weighted by Crippen LogP contribution is 2.18. The Kier molecular flexibility index (Phi) is 5.29. The number of rotatable bonds is 6. The van der Waals surface area contributed by atoms with Crippen LogP contribution in [0.15, 0.2) is 12.1 Å². The molecule has 0 fully saturated rings. The Labute approximate surface area is 112 Å². The number of hydrogen-bond donors (Lipinski definition) is 1. The van der Waals surface area contributed by atoms with E-state index < -0.39 is 5.97 Å². The lowest BCUT2D eigenvalue weighted by Gasteiger charge is -2.20. The molecule has 0 radical (unpaired) electrons. The van der Waals surface area contributed by atoms with Crippen molar-refractivity contribution in [3.63, 3.8) is 0 Å². The molecule has 6 heteroatoms. The van der Waals surface area contributed by atoms with Crippen LogP contribution in [0.2, 0.25) is 0 Å². The quantitative estimate of drug-likeness (QED) is 0.840. The SMILES string of the molecule is CCN(CCC(=O)O)C(=O)c1ccc(C)nc1OC. The van der Waals surface area contributed by atoms with Gasteiger partial charge in [-0.05, 0) is 26.0 Å². The molecule has 0 bridgehead atoms. The van der Waals surface area contributed by atoms with Crippen LogP contribution < -0.4 is 4.74 Å². The summed E-state index contributed by atoms with van der Waals surface area (Å²) in [4.78, 5) is 28.5. The smallest absolute Gasteiger partial charge is 0.305 e. The molecular weight excluding hydrogens is 248 g/mol. The summed E-state index contributed by atoms with van der Waals surface area (Å²) in [5.41, 5.74) is 1.10. The van der Waals surface area contributed by atoms with E-state index in [2.05, 4.69) is 4.98 Å². The maximum Gasteiger partial charge on any atom is 0.305 e. The minimum absolute atomic E-state index is 0.0822. The summed E-state index contributed by atoms with van der Waals surface area (Å²) in [7, 11) is 1.45. The maximum atomic E-state index is 12.3. The van der Waals surface area contributed by atoms with Gasteiger partial charge in [0, 0.05) is 18.8 Å². The number of aromatic nitrogens is 1. The van der Waals surface area contributed by atoms with Crippen LogP contribution in [0.5, 0.6) is 5.88 Å². The summed E-state index contributed by atoms with van der Waals surface area (Å²) in [6.07, 6.45) is -0.0822. The van der Waals surface area contributed by atoms with Gasteiger partial charge in [-0.15, -0.1) is 0 Å². The number of pyridine rings is 1. The van der Waals surface area contributed by atoms with Gasteiger partial charge in [0.2, 0.25) is 5.88 Å². The monoisotopic (exact) mass is 266 g/mol. The van der Waals surface area contributed by atoms with Crippen molar-refractivity contribution in [2.45, 2.75) is 20.3 Å². The second kappa shape index (κ2) is 6.72. The molecule has 1 aromatic heterocycles. The van der Waals surface area contributed by atoms with E-state index in [-0.39, 0.29) is 24.8 Å². The number of hydrogen-bond acceptors (Lipinski definition) is 4. The summed E-state index contributed by atoms with van der Waals surface area (Å²) in [5.74, 6) is -0.938. The first-order valence-electron chi connectivity index (χ1n) is 6.02. The Morgan fingerprint density at radius 2 is 2.11 bits per heavy atom. The molecule has 0 aromatic carbocycles. The Bertz CT molecular complexity index is 474. The standard InChI is InChI=1S/C13H18N2O4/c1-4-15(8-7-11(16)17)13(18)10-6-5-9(2)14-12(10)19-3/h5-6H,4,7-8H2,1-3H3,(H,16,17). The van der Waals surface area contributed by atoms with Gasteiger partial charge >= 0.3 is 5.97 Å². The zero-order valence-electron chi connectivity index (χ0n) is 11.3. The number of aliphatic carboxylic acids is 1. The van der Waals surface area contributed by atoms with E-state index in [1.54, 1.807) is 26.0 Å². The van der Waals surface area contributed by atoms with Crippen LogP contribution in [0.4, 0.5) is 0 Å². The zero-order chi connectivity index (χ0) is 14.4. The third-order valence-corrected chi connectivity index (χ3v) is 2.69. The molecule has 0 saturated carbocycles. The van der Waals surface area contributed by atoms with Crippen LogP contribution in [0, 0.1) is 6.92 Å². The Hall–Kier alpha value is -2.11. The van der Waals surface area contributed by atoms with Crippen LogP contribution >= 0.6 is 0 Å². The second-order valence-corrected chi connectivity index (χ2v) is 4.04. The molecular formula is C13H18N2O4. The number of carbonyl (C=O) groups excluding carboxylic acids is 1. The average Bonchev–Trinajstić information content (AvgIpc) is 2.38. The molecule has 0 aliphatic carbocycles. The molecule has 0 aliphatic rings. The van der Waals surface area contributed by atoms with Crippen LogP contribution in [0.25, 0.3) is 0 Å². The number of amides is 1. The summed E-state index contributed by atoms with van der Waals surface area (Å²) < 4.78 is 5.09. The highest BCUT2D eigenvalue weighted by atomic mass is 16.5. The van der Waals surface area contributed by atoms with Crippen LogP contribution in [0.3, 0.4) is 0 Å². The minimum Gasteiger partial charge on any atom is -0.481 e. The van der Waals surface area contributed by atoms with E-state index >= 15 is 0 Å². The van der Waals surface area contributed by atoms with E-state index in [0.29, 0.717) is 12.1 Å². The van der Waals surface area contributed by atoms with Gasteiger partial charge < -0.3 is 14.7 Å². The second-order valence-electron chi connectivity index (χ2n) is 4.04. The fourth-order valence-corrected chi connectivity index (χ4v) is 1.66. The van der Waals surface area contributed by atoms with Crippen molar-refractivity contribution in [3.8, 4) is 5.88 Å². The first-order valence-corrected chi connectivity index (χ1v) is 6.02. The molecule has 0 aliphatic heterocycles. The first-order chi connectivity index (χ1) is 8.99. The van der Waals surface area contributed by atoms with Crippen molar-refractivity contribution in [2.24, 2.45) is 0 Å². The molecule has 19 heavy (non-hydrogen) atoms. The van der Waals surface area contributed by atoms with E-state index in [9.17, 15) is 9.59 Å². The van der Waals surface area contributed by atoms with E-state index in [1.165, 1.54) is 12.0 Å². The van der Waals surface area contributed by atoms with Gasteiger partial charge in [-0.3, -0.25) is 9.59 Å². The highest BCUT2D eigenvalue weighted by molar-refractivity contribution is 5.96. The largest absolute Gasteiger partial charge is 0.481 e. The lowest BCUT2D eigenvalue weighted by Crippen LogP contribution is -2.33. The highest BCUT2D eigenvalue weighted by Gasteiger charge is 2.20. The Morgan fingerprint density at radius 1 is 1.42 bits per heavy atom. The van der Waals surface area contributed by atoms with Crippen LogP contribution in [0.1, 0.15) is 29.4 Å². The summed E-state index contributed by atoms with van der Waals surface area (Å²) in [6.45, 7) is 4.21. The number of aryl methyl sites for hydroxylation is 1. The molecule has 0 atom stereocenters.